The molecule has 0 amide bonds. The Morgan fingerprint density at radius 1 is 1.27 bits per heavy atom. The molecule has 0 atom stereocenters. The Bertz CT molecular complexity index is 553. The number of nitriles is 1. The normalized spacial score (nSPS) is 9.87. The lowest BCUT2D eigenvalue weighted by Crippen LogP contribution is -1.97. The number of nitrogens with two attached hydrogens (primary N) is 1. The molecule has 0 saturated heterocycles. The van der Waals surface area contributed by atoms with Gasteiger partial charge in [-0.1, -0.05) is 24.3 Å². The lowest BCUT2D eigenvalue weighted by molar-refractivity contribution is 1.46. The maximum atomic E-state index is 9.11. The number of nitrogens with zero attached hydrogens (tertiary/aromatic N) is 1. The summed E-state index contributed by atoms with van der Waals surface area (Å²) in [6.07, 6.45) is 0. The second kappa shape index (κ2) is 3.50. The van der Waals surface area contributed by atoms with E-state index in [1.165, 1.54) is 0 Å². The zero-order valence-corrected chi connectivity index (χ0v) is 8.41. The van der Waals surface area contributed by atoms with Gasteiger partial charge in [0.15, 0.2) is 0 Å². The number of nitrogen functional groups attached to an aromatic ring is 1. The third-order valence-corrected chi connectivity index (χ3v) is 2.46. The topological polar surface area (TPSA) is 61.8 Å². The quantitative estimate of drug-likeness (QED) is 0.690. The van der Waals surface area contributed by atoms with Gasteiger partial charge in [0.1, 0.15) is 6.07 Å². The van der Waals surface area contributed by atoms with Crippen LogP contribution in [0.5, 0.6) is 0 Å². The average molecular weight is 197 g/mol. The molecule has 0 heterocycles. The Morgan fingerprint density at radius 2 is 1.93 bits per heavy atom. The summed E-state index contributed by atoms with van der Waals surface area (Å²) in [4.78, 5) is 0. The summed E-state index contributed by atoms with van der Waals surface area (Å²) in [5.74, 6) is 0. The number of nitrogens with one attached hydrogen (secondary N) is 1. The fourth-order valence-electron chi connectivity index (χ4n) is 1.72. The molecule has 15 heavy (non-hydrogen) atoms. The van der Waals surface area contributed by atoms with Gasteiger partial charge < -0.3 is 11.1 Å². The Kier molecular flexibility index (Phi) is 2.18. The number of hydrogen-bond acceptors (Lipinski definition) is 3. The van der Waals surface area contributed by atoms with Crippen molar-refractivity contribution in [2.75, 3.05) is 18.1 Å². The molecule has 0 aliphatic rings. The number of hydrogen-bond donors (Lipinski definition) is 2. The lowest BCUT2D eigenvalue weighted by Gasteiger charge is -2.09. The van der Waals surface area contributed by atoms with Crippen LogP contribution in [0.4, 0.5) is 11.4 Å². The van der Waals surface area contributed by atoms with Crippen molar-refractivity contribution in [2.45, 2.75) is 0 Å². The second-order valence-electron chi connectivity index (χ2n) is 3.30. The van der Waals surface area contributed by atoms with Crippen molar-refractivity contribution in [2.24, 2.45) is 0 Å². The van der Waals surface area contributed by atoms with E-state index in [4.69, 9.17) is 11.0 Å². The first-order valence-corrected chi connectivity index (χ1v) is 4.67. The maximum absolute atomic E-state index is 9.11. The van der Waals surface area contributed by atoms with Crippen LogP contribution in [-0.2, 0) is 0 Å². The van der Waals surface area contributed by atoms with E-state index in [0.29, 0.717) is 11.3 Å². The molecule has 0 saturated carbocycles. The fourth-order valence-corrected chi connectivity index (χ4v) is 1.72. The van der Waals surface area contributed by atoms with Gasteiger partial charge in [-0.05, 0) is 6.07 Å². The first-order valence-electron chi connectivity index (χ1n) is 4.67. The Balaban J connectivity index is 2.93. The van der Waals surface area contributed by atoms with Gasteiger partial charge in [-0.25, -0.2) is 0 Å². The van der Waals surface area contributed by atoms with Crippen LogP contribution in [0, 0.1) is 11.3 Å². The van der Waals surface area contributed by atoms with E-state index in [1.807, 2.05) is 24.3 Å². The van der Waals surface area contributed by atoms with Gasteiger partial charge in [-0.15, -0.1) is 0 Å². The predicted octanol–water partition coefficient (Wildman–Crippen LogP) is 2.34. The van der Waals surface area contributed by atoms with Crippen molar-refractivity contribution in [1.29, 1.82) is 5.26 Å². The van der Waals surface area contributed by atoms with Crippen molar-refractivity contribution in [3.8, 4) is 6.07 Å². The summed E-state index contributed by atoms with van der Waals surface area (Å²) in [6.45, 7) is 0. The molecule has 0 spiro atoms. The van der Waals surface area contributed by atoms with Gasteiger partial charge >= 0.3 is 0 Å². The third kappa shape index (κ3) is 1.36. The smallest absolute Gasteiger partial charge is 0.102 e. The van der Waals surface area contributed by atoms with Gasteiger partial charge in [-0.3, -0.25) is 0 Å². The van der Waals surface area contributed by atoms with Crippen molar-refractivity contribution >= 4 is 22.1 Å². The van der Waals surface area contributed by atoms with Gasteiger partial charge in [-0.2, -0.15) is 5.26 Å². The summed E-state index contributed by atoms with van der Waals surface area (Å²) in [7, 11) is 1.78. The largest absolute Gasteiger partial charge is 0.398 e. The zero-order chi connectivity index (χ0) is 10.8. The van der Waals surface area contributed by atoms with Gasteiger partial charge in [0.2, 0.25) is 0 Å². The molecule has 2 rings (SSSR count). The highest BCUT2D eigenvalue weighted by Crippen LogP contribution is 2.30. The van der Waals surface area contributed by atoms with E-state index in [-0.39, 0.29) is 0 Å². The van der Waals surface area contributed by atoms with Gasteiger partial charge in [0, 0.05) is 23.5 Å². The highest BCUT2D eigenvalue weighted by atomic mass is 14.8. The van der Waals surface area contributed by atoms with E-state index < -0.39 is 0 Å². The van der Waals surface area contributed by atoms with E-state index in [2.05, 4.69) is 11.4 Å². The minimum Gasteiger partial charge on any atom is -0.398 e. The second-order valence-corrected chi connectivity index (χ2v) is 3.30. The zero-order valence-electron chi connectivity index (χ0n) is 8.41. The molecule has 0 fully saturated rings. The van der Waals surface area contributed by atoms with Crippen LogP contribution < -0.4 is 11.1 Å². The first kappa shape index (κ1) is 9.35. The van der Waals surface area contributed by atoms with E-state index in [0.717, 1.165) is 16.5 Å². The molecule has 0 aromatic heterocycles. The monoisotopic (exact) mass is 197 g/mol. The molecule has 3 nitrogen and oxygen atoms in total. The standard InChI is InChI=1S/C12H11N3/c1-15-12-6-11(14)9-5-3-2-4-8(9)10(12)7-13/h2-6,15H,14H2,1H3. The van der Waals surface area contributed by atoms with Gasteiger partial charge in [0.05, 0.1) is 11.3 Å². The third-order valence-electron chi connectivity index (χ3n) is 2.46. The predicted molar refractivity (Wildman–Crippen MR) is 62.6 cm³/mol. The van der Waals surface area contributed by atoms with Crippen LogP contribution >= 0.6 is 0 Å². The van der Waals surface area contributed by atoms with Crippen molar-refractivity contribution < 1.29 is 0 Å². The van der Waals surface area contributed by atoms with Crippen LogP contribution in [0.2, 0.25) is 0 Å². The summed E-state index contributed by atoms with van der Waals surface area (Å²) < 4.78 is 0. The van der Waals surface area contributed by atoms with Crippen molar-refractivity contribution in [3.63, 3.8) is 0 Å². The molecule has 0 unspecified atom stereocenters. The van der Waals surface area contributed by atoms with Crippen LogP contribution in [0.3, 0.4) is 0 Å². The first-order chi connectivity index (χ1) is 7.27. The van der Waals surface area contributed by atoms with Crippen LogP contribution in [0.1, 0.15) is 5.56 Å². The molecule has 0 radical (unpaired) electrons. The van der Waals surface area contributed by atoms with E-state index in [9.17, 15) is 0 Å². The molecule has 74 valence electrons. The molecule has 3 heteroatoms. The number of fused-ring (bicyclic) bond motifs is 1. The SMILES string of the molecule is CNc1cc(N)c2ccccc2c1C#N. The Hall–Kier alpha value is -2.21. The molecule has 3 N–H and O–H groups in total. The van der Waals surface area contributed by atoms with Crippen molar-refractivity contribution in [1.82, 2.24) is 0 Å². The molecule has 2 aromatic carbocycles. The lowest BCUT2D eigenvalue weighted by atomic mass is 10.0. The summed E-state index contributed by atoms with van der Waals surface area (Å²) in [5.41, 5.74) is 8.01. The molecule has 2 aromatic rings. The summed E-state index contributed by atoms with van der Waals surface area (Å²) in [5, 5.41) is 13.9. The van der Waals surface area contributed by atoms with Crippen molar-refractivity contribution in [3.05, 3.63) is 35.9 Å². The van der Waals surface area contributed by atoms with E-state index >= 15 is 0 Å². The average Bonchev–Trinajstić information content (AvgIpc) is 2.29. The fraction of sp³-hybridized carbons (Fsp3) is 0.0833. The Labute approximate surface area is 88.1 Å². The van der Waals surface area contributed by atoms with E-state index in [1.54, 1.807) is 13.1 Å². The van der Waals surface area contributed by atoms with Crippen LogP contribution in [0.15, 0.2) is 30.3 Å². The summed E-state index contributed by atoms with van der Waals surface area (Å²) in [6, 6.07) is 11.6. The highest BCUT2D eigenvalue weighted by molar-refractivity contribution is 6.00. The van der Waals surface area contributed by atoms with Crippen LogP contribution in [0.25, 0.3) is 10.8 Å². The molecular weight excluding hydrogens is 186 g/mol. The maximum Gasteiger partial charge on any atom is 0.102 e. The Morgan fingerprint density at radius 3 is 2.53 bits per heavy atom. The molecule has 0 bridgehead atoms. The summed E-state index contributed by atoms with van der Waals surface area (Å²) >= 11 is 0. The molecule has 0 aliphatic carbocycles. The molecular formula is C12H11N3. The number of rotatable bonds is 1. The minimum absolute atomic E-state index is 0.641. The number of benzene rings is 2. The highest BCUT2D eigenvalue weighted by Gasteiger charge is 2.08. The minimum atomic E-state index is 0.641. The number of anilines is 2. The molecule has 0 aliphatic heterocycles. The van der Waals surface area contributed by atoms with Crippen LogP contribution in [-0.4, -0.2) is 7.05 Å². The van der Waals surface area contributed by atoms with Gasteiger partial charge in [0.25, 0.3) is 0 Å².